The predicted octanol–water partition coefficient (Wildman–Crippen LogP) is 6.36. The van der Waals surface area contributed by atoms with Gasteiger partial charge in [-0.25, -0.2) is 0 Å². The van der Waals surface area contributed by atoms with Crippen LogP contribution in [0, 0.1) is 6.92 Å². The van der Waals surface area contributed by atoms with Crippen LogP contribution in [0.25, 0.3) is 17.0 Å². The SMILES string of the molecule is CCCCCCCCOc1ccc(C)cc1OS(=O)Nc1cccc(-c2nc3c([N+]4=CC(NC(C)=O)C=N4)c(C(C)(C)C)[nH]n3n2)c1. The second kappa shape index (κ2) is 14.9. The van der Waals surface area contributed by atoms with E-state index in [1.165, 1.54) is 32.6 Å². The molecular weight excluding hydrogens is 616 g/mol. The van der Waals surface area contributed by atoms with Crippen LogP contribution in [-0.4, -0.2) is 59.7 Å². The van der Waals surface area contributed by atoms with Crippen molar-refractivity contribution in [3.05, 3.63) is 53.7 Å². The van der Waals surface area contributed by atoms with Crippen LogP contribution in [0.1, 0.15) is 84.4 Å². The van der Waals surface area contributed by atoms with Gasteiger partial charge in [-0.3, -0.25) is 14.6 Å². The molecule has 3 heterocycles. The Hall–Kier alpha value is -4.52. The molecule has 2 atom stereocenters. The van der Waals surface area contributed by atoms with Crippen molar-refractivity contribution in [2.24, 2.45) is 5.10 Å². The zero-order valence-corrected chi connectivity index (χ0v) is 28.8. The monoisotopic (exact) mass is 661 g/mol. The minimum absolute atomic E-state index is 0.143. The highest BCUT2D eigenvalue weighted by Gasteiger charge is 2.35. The summed E-state index contributed by atoms with van der Waals surface area (Å²) in [5.74, 6) is 1.32. The van der Waals surface area contributed by atoms with Crippen LogP contribution in [-0.2, 0) is 21.5 Å². The predicted molar refractivity (Wildman–Crippen MR) is 186 cm³/mol. The van der Waals surface area contributed by atoms with Crippen molar-refractivity contribution in [1.29, 1.82) is 0 Å². The van der Waals surface area contributed by atoms with Crippen LogP contribution in [0.2, 0.25) is 0 Å². The van der Waals surface area contributed by atoms with E-state index in [0.717, 1.165) is 35.3 Å². The van der Waals surface area contributed by atoms with Gasteiger partial charge in [-0.1, -0.05) is 78.0 Å². The number of unbranched alkanes of at least 4 members (excludes halogenated alkanes) is 5. The second-order valence-corrected chi connectivity index (χ2v) is 13.6. The number of aryl methyl sites for hydroxylation is 1. The number of benzene rings is 2. The van der Waals surface area contributed by atoms with Gasteiger partial charge in [-0.05, 0) is 53.0 Å². The summed E-state index contributed by atoms with van der Waals surface area (Å²) in [4.78, 5) is 16.5. The first-order valence-corrected chi connectivity index (χ1v) is 17.2. The molecule has 13 heteroatoms. The van der Waals surface area contributed by atoms with Crippen molar-refractivity contribution < 1.29 is 22.6 Å². The maximum atomic E-state index is 13.1. The fraction of sp³-hybridized carbons (Fsp3) is 0.441. The average molecular weight is 662 g/mol. The van der Waals surface area contributed by atoms with E-state index in [1.807, 2.05) is 49.5 Å². The number of amides is 1. The second-order valence-electron chi connectivity index (χ2n) is 12.8. The van der Waals surface area contributed by atoms with Crippen LogP contribution in [0.5, 0.6) is 11.5 Å². The minimum atomic E-state index is -1.89. The lowest BCUT2D eigenvalue weighted by molar-refractivity contribution is -0.436. The number of hydrazone groups is 1. The number of hydrogen-bond donors (Lipinski definition) is 3. The maximum absolute atomic E-state index is 13.1. The third-order valence-electron chi connectivity index (χ3n) is 7.62. The van der Waals surface area contributed by atoms with E-state index in [-0.39, 0.29) is 17.4 Å². The molecule has 0 radical (unpaired) electrons. The van der Waals surface area contributed by atoms with E-state index < -0.39 is 11.3 Å². The van der Waals surface area contributed by atoms with Gasteiger partial charge in [-0.2, -0.15) is 9.19 Å². The Labute approximate surface area is 278 Å². The highest BCUT2D eigenvalue weighted by Crippen LogP contribution is 2.35. The molecule has 2 unspecified atom stereocenters. The van der Waals surface area contributed by atoms with Gasteiger partial charge in [0, 0.05) is 17.9 Å². The van der Waals surface area contributed by atoms with E-state index in [9.17, 15) is 9.00 Å². The van der Waals surface area contributed by atoms with Crippen molar-refractivity contribution in [2.75, 3.05) is 11.3 Å². The number of aromatic nitrogens is 4. The summed E-state index contributed by atoms with van der Waals surface area (Å²) in [6.45, 7) is 12.5. The summed E-state index contributed by atoms with van der Waals surface area (Å²) < 4.78 is 31.2. The Balaban J connectivity index is 1.30. The molecule has 1 amide bonds. The molecule has 1 aliphatic heterocycles. The summed E-state index contributed by atoms with van der Waals surface area (Å²) >= 11 is -1.89. The third kappa shape index (κ3) is 8.64. The Morgan fingerprint density at radius 1 is 1.09 bits per heavy atom. The van der Waals surface area contributed by atoms with Crippen LogP contribution < -0.4 is 19.0 Å². The smallest absolute Gasteiger partial charge is 0.316 e. The number of fused-ring (bicyclic) bond motifs is 1. The van der Waals surface area contributed by atoms with Crippen molar-refractivity contribution in [3.63, 3.8) is 0 Å². The highest BCUT2D eigenvalue weighted by atomic mass is 32.2. The topological polar surface area (TPSA) is 138 Å². The standard InChI is InChI=1S/C34H44N8O4S/c1-7-8-9-10-11-12-18-45-28-17-16-23(2)19-29(28)46-47(44)40-26-15-13-14-25(20-26)32-37-33-30(31(34(4,5)6)38-42(33)39-32)41-22-27(21-35-41)36-24(3)43/h13-17,19-22,27,40H,7-12,18H2,1-6H3,(H-,36,37,38,39,43)/p+1. The first kappa shape index (κ1) is 33.8. The lowest BCUT2D eigenvalue weighted by Gasteiger charge is -2.15. The zero-order valence-electron chi connectivity index (χ0n) is 28.0. The number of carbonyl (C=O) groups is 1. The van der Waals surface area contributed by atoms with E-state index in [0.29, 0.717) is 35.3 Å². The summed E-state index contributed by atoms with van der Waals surface area (Å²) in [5.41, 5.74) is 4.23. The molecule has 3 N–H and O–H groups in total. The Morgan fingerprint density at radius 3 is 2.64 bits per heavy atom. The van der Waals surface area contributed by atoms with Gasteiger partial charge in [0.25, 0.3) is 5.65 Å². The van der Waals surface area contributed by atoms with Crippen molar-refractivity contribution in [1.82, 2.24) is 25.1 Å². The molecule has 1 aliphatic rings. The fourth-order valence-corrected chi connectivity index (χ4v) is 5.93. The number of anilines is 1. The number of nitrogens with zero attached hydrogens (tertiary/aromatic N) is 5. The molecule has 4 aromatic rings. The summed E-state index contributed by atoms with van der Waals surface area (Å²) in [7, 11) is 0. The molecule has 250 valence electrons. The Bertz CT molecular complexity index is 1800. The van der Waals surface area contributed by atoms with Gasteiger partial charge in [0.1, 0.15) is 11.9 Å². The molecule has 0 fully saturated rings. The highest BCUT2D eigenvalue weighted by molar-refractivity contribution is 7.82. The lowest BCUT2D eigenvalue weighted by atomic mass is 9.91. The number of hydrogen-bond acceptors (Lipinski definition) is 7. The lowest BCUT2D eigenvalue weighted by Crippen LogP contribution is -2.34. The van der Waals surface area contributed by atoms with Crippen LogP contribution in [0.15, 0.2) is 47.6 Å². The molecule has 0 saturated heterocycles. The van der Waals surface area contributed by atoms with Crippen LogP contribution >= 0.6 is 0 Å². The molecule has 2 aromatic heterocycles. The van der Waals surface area contributed by atoms with Crippen molar-refractivity contribution >= 4 is 46.6 Å². The van der Waals surface area contributed by atoms with Gasteiger partial charge in [0.05, 0.1) is 12.3 Å². The summed E-state index contributed by atoms with van der Waals surface area (Å²) in [6.07, 6.45) is 10.5. The van der Waals surface area contributed by atoms with Gasteiger partial charge < -0.3 is 14.2 Å². The molecule has 0 saturated carbocycles. The number of ether oxygens (including phenoxy) is 1. The summed E-state index contributed by atoms with van der Waals surface area (Å²) in [6, 6.07) is 12.7. The van der Waals surface area contributed by atoms with E-state index in [2.05, 4.69) is 47.9 Å². The van der Waals surface area contributed by atoms with E-state index in [4.69, 9.17) is 19.0 Å². The zero-order chi connectivity index (χ0) is 33.6. The molecule has 0 aliphatic carbocycles. The van der Waals surface area contributed by atoms with Gasteiger partial charge in [0.15, 0.2) is 23.4 Å². The first-order valence-electron chi connectivity index (χ1n) is 16.2. The number of H-pyrrole nitrogens is 1. The van der Waals surface area contributed by atoms with E-state index >= 15 is 0 Å². The van der Waals surface area contributed by atoms with Crippen molar-refractivity contribution in [3.8, 4) is 22.9 Å². The molecule has 0 spiro atoms. The molecule has 47 heavy (non-hydrogen) atoms. The third-order valence-corrected chi connectivity index (χ3v) is 8.35. The van der Waals surface area contributed by atoms with Gasteiger partial charge >= 0.3 is 17.0 Å². The Kier molecular flexibility index (Phi) is 10.7. The van der Waals surface area contributed by atoms with E-state index in [1.54, 1.807) is 21.6 Å². The molecule has 2 aromatic carbocycles. The first-order chi connectivity index (χ1) is 22.5. The van der Waals surface area contributed by atoms with Gasteiger partial charge in [-0.15, -0.1) is 9.73 Å². The molecular formula is C34H45N8O4S+. The summed E-state index contributed by atoms with van der Waals surface area (Å²) in [5, 5.41) is 15.4. The average Bonchev–Trinajstić information content (AvgIpc) is 3.72. The quantitative estimate of drug-likeness (QED) is 0.100. The number of nitrogens with one attached hydrogen (secondary N) is 3. The number of aromatic amines is 1. The minimum Gasteiger partial charge on any atom is -0.490 e. The molecule has 5 rings (SSSR count). The normalized spacial score (nSPS) is 15.1. The van der Waals surface area contributed by atoms with Crippen molar-refractivity contribution in [2.45, 2.75) is 91.5 Å². The van der Waals surface area contributed by atoms with Crippen LogP contribution in [0.4, 0.5) is 11.4 Å². The number of rotatable bonds is 15. The number of carbonyl (C=O) groups excluding carboxylic acids is 1. The largest absolute Gasteiger partial charge is 0.490 e. The maximum Gasteiger partial charge on any atom is 0.316 e. The Morgan fingerprint density at radius 2 is 1.87 bits per heavy atom. The molecule has 12 nitrogen and oxygen atoms in total. The fourth-order valence-electron chi connectivity index (χ4n) is 5.27. The molecule has 0 bridgehead atoms. The van der Waals surface area contributed by atoms with Crippen LogP contribution in [0.3, 0.4) is 0 Å². The van der Waals surface area contributed by atoms with Gasteiger partial charge in [0.2, 0.25) is 12.1 Å².